The van der Waals surface area contributed by atoms with Crippen LogP contribution in [0.4, 0.5) is 5.69 Å². The normalized spacial score (nSPS) is 29.0. The van der Waals surface area contributed by atoms with Gasteiger partial charge in [0.2, 0.25) is 5.91 Å². The summed E-state index contributed by atoms with van der Waals surface area (Å²) in [7, 11) is 0. The second-order valence-corrected chi connectivity index (χ2v) is 5.78. The van der Waals surface area contributed by atoms with E-state index in [1.807, 2.05) is 31.2 Å². The molecule has 3 atom stereocenters. The van der Waals surface area contributed by atoms with Crippen molar-refractivity contribution < 1.29 is 4.79 Å². The van der Waals surface area contributed by atoms with Crippen LogP contribution in [-0.2, 0) is 4.79 Å². The van der Waals surface area contributed by atoms with Crippen molar-refractivity contribution in [1.82, 2.24) is 0 Å². The number of anilines is 1. The van der Waals surface area contributed by atoms with Crippen LogP contribution in [0.15, 0.2) is 36.4 Å². The van der Waals surface area contributed by atoms with E-state index in [9.17, 15) is 4.79 Å². The lowest BCUT2D eigenvalue weighted by Crippen LogP contribution is -2.16. The van der Waals surface area contributed by atoms with Gasteiger partial charge in [-0.3, -0.25) is 4.79 Å². The zero-order valence-electron chi connectivity index (χ0n) is 11.4. The van der Waals surface area contributed by atoms with Crippen LogP contribution in [0.5, 0.6) is 0 Å². The molecule has 0 aliphatic heterocycles. The summed E-state index contributed by atoms with van der Waals surface area (Å²) in [6.07, 6.45) is 9.45. The molecule has 0 spiro atoms. The molecule has 0 unspecified atom stereocenters. The predicted molar refractivity (Wildman–Crippen MR) is 77.9 cm³/mol. The Morgan fingerprint density at radius 2 is 2.11 bits per heavy atom. The van der Waals surface area contributed by atoms with E-state index in [1.165, 1.54) is 25.7 Å². The lowest BCUT2D eigenvalue weighted by Gasteiger charge is -2.07. The molecule has 1 N–H and O–H groups in total. The minimum absolute atomic E-state index is 0.203. The highest BCUT2D eigenvalue weighted by Gasteiger charge is 2.52. The van der Waals surface area contributed by atoms with Gasteiger partial charge in [0.05, 0.1) is 0 Å². The third-order valence-corrected chi connectivity index (χ3v) is 4.45. The number of aryl methyl sites for hydroxylation is 1. The van der Waals surface area contributed by atoms with Gasteiger partial charge in [-0.05, 0) is 49.7 Å². The number of rotatable bonds is 2. The van der Waals surface area contributed by atoms with Gasteiger partial charge in [0.1, 0.15) is 0 Å². The van der Waals surface area contributed by atoms with Gasteiger partial charge in [0.25, 0.3) is 0 Å². The summed E-state index contributed by atoms with van der Waals surface area (Å²) in [6.45, 7) is 2.03. The molecule has 0 heterocycles. The van der Waals surface area contributed by atoms with E-state index in [4.69, 9.17) is 0 Å². The van der Waals surface area contributed by atoms with Crippen LogP contribution in [0.25, 0.3) is 0 Å². The van der Waals surface area contributed by atoms with Crippen LogP contribution in [0.2, 0.25) is 0 Å². The molecule has 1 aromatic rings. The molecule has 0 bridgehead atoms. The number of hydrogen-bond donors (Lipinski definition) is 1. The van der Waals surface area contributed by atoms with Crippen molar-refractivity contribution in [2.45, 2.75) is 32.6 Å². The molecule has 0 aromatic heterocycles. The van der Waals surface area contributed by atoms with Crippen molar-refractivity contribution in [3.05, 3.63) is 42.0 Å². The summed E-state index contributed by atoms with van der Waals surface area (Å²) in [5.74, 6) is 1.48. The smallest absolute Gasteiger partial charge is 0.228 e. The average molecular weight is 255 g/mol. The summed E-state index contributed by atoms with van der Waals surface area (Å²) >= 11 is 0. The summed E-state index contributed by atoms with van der Waals surface area (Å²) in [4.78, 5) is 12.4. The maximum Gasteiger partial charge on any atom is 0.228 e. The highest BCUT2D eigenvalue weighted by molar-refractivity contribution is 5.95. The van der Waals surface area contributed by atoms with E-state index < -0.39 is 0 Å². The Kier molecular flexibility index (Phi) is 3.41. The molecule has 1 saturated carbocycles. The Hall–Kier alpha value is -1.57. The Morgan fingerprint density at radius 3 is 2.95 bits per heavy atom. The van der Waals surface area contributed by atoms with E-state index in [1.54, 1.807) is 0 Å². The van der Waals surface area contributed by atoms with Crippen LogP contribution >= 0.6 is 0 Å². The number of nitrogens with one attached hydrogen (secondary N) is 1. The van der Waals surface area contributed by atoms with Crippen molar-refractivity contribution in [1.29, 1.82) is 0 Å². The molecule has 0 saturated heterocycles. The largest absolute Gasteiger partial charge is 0.326 e. The van der Waals surface area contributed by atoms with Crippen molar-refractivity contribution in [3.8, 4) is 0 Å². The van der Waals surface area contributed by atoms with Gasteiger partial charge in [-0.2, -0.15) is 0 Å². The summed E-state index contributed by atoms with van der Waals surface area (Å²) < 4.78 is 0. The van der Waals surface area contributed by atoms with Gasteiger partial charge in [-0.15, -0.1) is 0 Å². The molecule has 100 valence electrons. The second kappa shape index (κ2) is 5.20. The maximum absolute atomic E-state index is 12.4. The van der Waals surface area contributed by atoms with Crippen LogP contribution in [0, 0.1) is 24.7 Å². The van der Waals surface area contributed by atoms with E-state index in [2.05, 4.69) is 17.5 Å². The topological polar surface area (TPSA) is 29.1 Å². The Balaban J connectivity index is 1.67. The standard InChI is InChI=1S/C17H21NO/c1-12-8-6-7-11-15(12)18-17(19)16-13-9-4-2-3-5-10-14(13)16/h4,6-9,11,13-14,16H,2-3,5,10H2,1H3,(H,18,19)/t13-,14+,16+/m1/s1. The molecule has 0 radical (unpaired) electrons. The highest BCUT2D eigenvalue weighted by atomic mass is 16.2. The number of carbonyl (C=O) groups is 1. The number of carbonyl (C=O) groups excluding carboxylic acids is 1. The number of allylic oxidation sites excluding steroid dienone is 2. The van der Waals surface area contributed by atoms with Crippen LogP contribution < -0.4 is 5.32 Å². The molecule has 2 aliphatic rings. The molecule has 2 aliphatic carbocycles. The number of hydrogen-bond acceptors (Lipinski definition) is 1. The van der Waals surface area contributed by atoms with E-state index in [-0.39, 0.29) is 11.8 Å². The first-order chi connectivity index (χ1) is 9.27. The van der Waals surface area contributed by atoms with Crippen molar-refractivity contribution >= 4 is 11.6 Å². The molecule has 2 nitrogen and oxygen atoms in total. The minimum Gasteiger partial charge on any atom is -0.326 e. The monoisotopic (exact) mass is 255 g/mol. The quantitative estimate of drug-likeness (QED) is 0.797. The minimum atomic E-state index is 0.203. The molecule has 19 heavy (non-hydrogen) atoms. The van der Waals surface area contributed by atoms with Gasteiger partial charge >= 0.3 is 0 Å². The zero-order chi connectivity index (χ0) is 13.2. The van der Waals surface area contributed by atoms with E-state index in [0.29, 0.717) is 11.8 Å². The lowest BCUT2D eigenvalue weighted by atomic mass is 10.1. The molecule has 3 rings (SSSR count). The fraction of sp³-hybridized carbons (Fsp3) is 0.471. The Morgan fingerprint density at radius 1 is 1.26 bits per heavy atom. The van der Waals surface area contributed by atoms with Gasteiger partial charge in [0.15, 0.2) is 0 Å². The van der Waals surface area contributed by atoms with Crippen molar-refractivity contribution in [2.75, 3.05) is 5.32 Å². The number of fused-ring (bicyclic) bond motifs is 1. The van der Waals surface area contributed by atoms with Crippen LogP contribution in [-0.4, -0.2) is 5.91 Å². The van der Waals surface area contributed by atoms with Gasteiger partial charge < -0.3 is 5.32 Å². The first-order valence-electron chi connectivity index (χ1n) is 7.30. The first-order valence-corrected chi connectivity index (χ1v) is 7.30. The molecular formula is C17H21NO. The third kappa shape index (κ3) is 2.58. The molecular weight excluding hydrogens is 234 g/mol. The van der Waals surface area contributed by atoms with Crippen molar-refractivity contribution in [3.63, 3.8) is 0 Å². The predicted octanol–water partition coefficient (Wildman–Crippen LogP) is 3.93. The zero-order valence-corrected chi connectivity index (χ0v) is 11.4. The third-order valence-electron chi connectivity index (χ3n) is 4.45. The summed E-state index contributed by atoms with van der Waals surface area (Å²) in [6, 6.07) is 7.98. The molecule has 2 heteroatoms. The second-order valence-electron chi connectivity index (χ2n) is 5.78. The highest BCUT2D eigenvalue weighted by Crippen LogP contribution is 2.51. The fourth-order valence-corrected chi connectivity index (χ4v) is 3.23. The van der Waals surface area contributed by atoms with E-state index in [0.717, 1.165) is 11.3 Å². The Bertz CT molecular complexity index is 506. The molecule has 1 amide bonds. The average Bonchev–Trinajstić information content (AvgIpc) is 3.03. The molecule has 1 fully saturated rings. The number of amides is 1. The Labute approximate surface area is 114 Å². The summed E-state index contributed by atoms with van der Waals surface area (Å²) in [5, 5.41) is 3.10. The van der Waals surface area contributed by atoms with E-state index >= 15 is 0 Å². The van der Waals surface area contributed by atoms with Crippen molar-refractivity contribution in [2.24, 2.45) is 17.8 Å². The number of benzene rings is 1. The lowest BCUT2D eigenvalue weighted by molar-refractivity contribution is -0.117. The van der Waals surface area contributed by atoms with Gasteiger partial charge in [-0.25, -0.2) is 0 Å². The molecule has 1 aromatic carbocycles. The van der Waals surface area contributed by atoms with Crippen LogP contribution in [0.1, 0.15) is 31.2 Å². The van der Waals surface area contributed by atoms with Gasteiger partial charge in [0, 0.05) is 11.6 Å². The van der Waals surface area contributed by atoms with Crippen LogP contribution in [0.3, 0.4) is 0 Å². The summed E-state index contributed by atoms with van der Waals surface area (Å²) in [5.41, 5.74) is 2.08. The van der Waals surface area contributed by atoms with Gasteiger partial charge in [-0.1, -0.05) is 36.8 Å². The first kappa shape index (κ1) is 12.5. The number of para-hydroxylation sites is 1. The maximum atomic E-state index is 12.4. The fourth-order valence-electron chi connectivity index (χ4n) is 3.23. The SMILES string of the molecule is Cc1ccccc1NC(=O)[C@H]1[C@@H]2C=CCCCC[C@@H]21.